The molecule has 304 valence electrons. The molecule has 0 aliphatic heterocycles. The molecule has 55 heavy (non-hydrogen) atoms. The van der Waals surface area contributed by atoms with Crippen LogP contribution in [0.5, 0.6) is 0 Å². The third-order valence-electron chi connectivity index (χ3n) is 3.92. The quantitative estimate of drug-likeness (QED) is 0.0551. The van der Waals surface area contributed by atoms with Crippen molar-refractivity contribution in [1.29, 1.82) is 0 Å². The van der Waals surface area contributed by atoms with Crippen LogP contribution in [0.4, 0.5) is 0 Å². The molecule has 0 aliphatic rings. The van der Waals surface area contributed by atoms with Crippen molar-refractivity contribution >= 4 is 57.7 Å². The number of aliphatic carboxylic acids is 2. The van der Waals surface area contributed by atoms with E-state index >= 15 is 0 Å². The van der Waals surface area contributed by atoms with Gasteiger partial charge in [0.05, 0.1) is 25.2 Å². The predicted molar refractivity (Wildman–Crippen MR) is 194 cm³/mol. The summed E-state index contributed by atoms with van der Waals surface area (Å²) in [6.07, 6.45) is 6.80. The van der Waals surface area contributed by atoms with Crippen LogP contribution in [0.3, 0.4) is 0 Å². The molecule has 0 unspecified atom stereocenters. The Labute approximate surface area is 368 Å². The summed E-state index contributed by atoms with van der Waals surface area (Å²) in [7, 11) is -4.67. The van der Waals surface area contributed by atoms with Crippen LogP contribution >= 0.6 is 0 Å². The summed E-state index contributed by atoms with van der Waals surface area (Å²) < 4.78 is 40.5. The number of carboxylic acids is 2. The zero-order valence-electron chi connectivity index (χ0n) is 33.6. The number of amides is 2. The number of nitrogens with one attached hydrogen (secondary N) is 2. The molecule has 21 heteroatoms. The van der Waals surface area contributed by atoms with Crippen LogP contribution in [-0.4, -0.2) is 89.1 Å². The fourth-order valence-corrected chi connectivity index (χ4v) is 2.50. The first-order valence-corrected chi connectivity index (χ1v) is 16.1. The maximum atomic E-state index is 10.9. The van der Waals surface area contributed by atoms with Gasteiger partial charge < -0.3 is 39.9 Å². The number of ether oxygens (including phenoxy) is 2. The third-order valence-corrected chi connectivity index (χ3v) is 3.92. The molecule has 0 radical (unpaired) electrons. The molecule has 0 saturated carbocycles. The first kappa shape index (κ1) is 72.7. The van der Waals surface area contributed by atoms with E-state index in [1.807, 2.05) is 0 Å². The van der Waals surface area contributed by atoms with Crippen molar-refractivity contribution in [3.63, 3.8) is 0 Å². The van der Waals surface area contributed by atoms with Crippen LogP contribution in [0, 0.1) is 0 Å². The Morgan fingerprint density at radius 1 is 0.582 bits per heavy atom. The van der Waals surface area contributed by atoms with E-state index in [4.69, 9.17) is 37.3 Å². The molecule has 0 aromatic heterocycles. The van der Waals surface area contributed by atoms with Crippen LogP contribution in [0.2, 0.25) is 0 Å². The Kier molecular flexibility index (Phi) is 59.3. The normalized spacial score (nSPS) is 8.76. The molecule has 0 rings (SSSR count). The summed E-state index contributed by atoms with van der Waals surface area (Å²) in [5, 5.41) is 23.6. The van der Waals surface area contributed by atoms with Gasteiger partial charge in [-0.1, -0.05) is 39.5 Å². The monoisotopic (exact) mass is 824 g/mol. The van der Waals surface area contributed by atoms with Crippen LogP contribution < -0.4 is 80.0 Å². The van der Waals surface area contributed by atoms with Gasteiger partial charge in [0.25, 0.3) is 0 Å². The molecule has 0 aromatic carbocycles. The van der Waals surface area contributed by atoms with Crippen LogP contribution in [-0.2, 0) is 58.2 Å². The zero-order chi connectivity index (χ0) is 44.0. The predicted octanol–water partition coefficient (Wildman–Crippen LogP) is -5.24. The topological polar surface area (TPSA) is 300 Å². The van der Waals surface area contributed by atoms with Crippen molar-refractivity contribution in [3.05, 3.63) is 75.9 Å². The molecule has 0 spiro atoms. The first-order chi connectivity index (χ1) is 23.9. The molecule has 0 heterocycles. The standard InChI is InChI=1S/2C9H15NO2.2C5H8O2.2C3H4O2.2Na.H2O4S/c2*1-5-8(12)10-9(3,4)6-7(2)11;2*1-3-5(6)7-4-2;2*1-2-3(4)5;;;1-5(2,3)4/h2*5H,1,6H2,2-4H3,(H,10,12);2*3H,1,4H2,2H3;2*2H,1H2,(H,4,5);;;(H2,1,2,3,4)/q;;;;;;2*+1;/p-2. The number of rotatable bonds is 14. The minimum Gasteiger partial charge on any atom is -0.545 e. The van der Waals surface area contributed by atoms with E-state index in [1.54, 1.807) is 41.5 Å². The number of carboxylic acid groups (broad SMARTS) is 2. The Balaban J connectivity index is -0.0000000658. The van der Waals surface area contributed by atoms with E-state index in [0.717, 1.165) is 24.3 Å². The Hall–Kier alpha value is -3.53. The van der Waals surface area contributed by atoms with E-state index in [9.17, 15) is 28.8 Å². The average molecular weight is 825 g/mol. The van der Waals surface area contributed by atoms with E-state index in [1.165, 1.54) is 26.0 Å². The Morgan fingerprint density at radius 3 is 0.873 bits per heavy atom. The van der Waals surface area contributed by atoms with Gasteiger partial charge in [0, 0.05) is 36.1 Å². The van der Waals surface area contributed by atoms with Crippen LogP contribution in [0.15, 0.2) is 75.9 Å². The van der Waals surface area contributed by atoms with Crippen molar-refractivity contribution in [2.75, 3.05) is 13.2 Å². The Bertz CT molecular complexity index is 1250. The molecule has 0 aliphatic carbocycles. The number of Topliss-reactive ketones (excluding diaryl/α,β-unsaturated/α-hetero) is 2. The van der Waals surface area contributed by atoms with Gasteiger partial charge in [0.1, 0.15) is 11.6 Å². The summed E-state index contributed by atoms with van der Waals surface area (Å²) >= 11 is 0. The molecule has 0 fully saturated rings. The fraction of sp³-hybridized carbons (Fsp3) is 0.412. The minimum atomic E-state index is -4.67. The maximum Gasteiger partial charge on any atom is 1.00 e. The number of ketones is 2. The summed E-state index contributed by atoms with van der Waals surface area (Å²) in [6.45, 7) is 33.4. The second kappa shape index (κ2) is 44.9. The van der Waals surface area contributed by atoms with Gasteiger partial charge in [-0.2, -0.15) is 8.42 Å². The van der Waals surface area contributed by atoms with E-state index in [0.29, 0.717) is 26.1 Å². The van der Waals surface area contributed by atoms with Crippen LogP contribution in [0.1, 0.15) is 68.2 Å². The van der Waals surface area contributed by atoms with Gasteiger partial charge in [-0.25, -0.2) is 9.59 Å². The molecule has 0 bridgehead atoms. The van der Waals surface area contributed by atoms with Gasteiger partial charge in [-0.05, 0) is 79.7 Å². The smallest absolute Gasteiger partial charge is 0.545 e. The molecular weight excluding hydrogens is 770 g/mol. The van der Waals surface area contributed by atoms with Crippen molar-refractivity contribution < 1.29 is 135 Å². The first-order valence-electron chi connectivity index (χ1n) is 14.7. The molecule has 0 aromatic rings. The average Bonchev–Trinajstić information content (AvgIpc) is 2.99. The molecule has 0 atom stereocenters. The van der Waals surface area contributed by atoms with Crippen molar-refractivity contribution in [2.45, 2.75) is 79.3 Å². The second-order valence-corrected chi connectivity index (χ2v) is 11.2. The van der Waals surface area contributed by atoms with Crippen molar-refractivity contribution in [1.82, 2.24) is 10.6 Å². The summed E-state index contributed by atoms with van der Waals surface area (Å²) in [4.78, 5) is 81.7. The largest absolute Gasteiger partial charge is 1.00 e. The van der Waals surface area contributed by atoms with Gasteiger partial charge in [0.15, 0.2) is 0 Å². The minimum absolute atomic E-state index is 0. The zero-order valence-corrected chi connectivity index (χ0v) is 38.4. The SMILES string of the molecule is C=CC(=O)NC(C)(C)CC(C)=O.C=CC(=O)NC(C)(C)CC(C)=O.C=CC(=O)OCC.C=CC(=O)OCC.C=CC(=O)[O-].C=CC(=O)[O-].O=S(=O)(O)O.[Na+].[Na+]. The Morgan fingerprint density at radius 2 is 0.782 bits per heavy atom. The number of hydrogen-bond acceptors (Lipinski definition) is 14. The molecule has 18 nitrogen and oxygen atoms in total. The molecule has 4 N–H and O–H groups in total. The maximum absolute atomic E-state index is 10.9. The summed E-state index contributed by atoms with van der Waals surface area (Å²) in [5.41, 5.74) is -0.950. The van der Waals surface area contributed by atoms with Crippen molar-refractivity contribution in [2.24, 2.45) is 0 Å². The van der Waals surface area contributed by atoms with Gasteiger partial charge in [-0.3, -0.25) is 28.3 Å². The van der Waals surface area contributed by atoms with E-state index in [-0.39, 0.29) is 94.4 Å². The number of esters is 2. The number of carbonyl (C=O) groups excluding carboxylic acids is 8. The van der Waals surface area contributed by atoms with E-state index < -0.39 is 33.4 Å². The second-order valence-electron chi connectivity index (χ2n) is 10.3. The third kappa shape index (κ3) is 99.8. The van der Waals surface area contributed by atoms with Crippen molar-refractivity contribution in [3.8, 4) is 0 Å². The number of hydrogen-bond donors (Lipinski definition) is 4. The fourth-order valence-electron chi connectivity index (χ4n) is 2.50. The molecule has 2 amide bonds. The summed E-state index contributed by atoms with van der Waals surface area (Å²) in [6, 6.07) is 0. The number of carbonyl (C=O) groups is 8. The summed E-state index contributed by atoms with van der Waals surface area (Å²) in [5.74, 6) is -3.56. The molecule has 0 saturated heterocycles. The van der Waals surface area contributed by atoms with Gasteiger partial charge in [-0.15, -0.1) is 0 Å². The van der Waals surface area contributed by atoms with Gasteiger partial charge >= 0.3 is 81.5 Å². The molecular formula is C34H54N2Na2O16S. The van der Waals surface area contributed by atoms with E-state index in [2.05, 4.69) is 59.6 Å². The van der Waals surface area contributed by atoms with Crippen LogP contribution in [0.25, 0.3) is 0 Å². The van der Waals surface area contributed by atoms with Gasteiger partial charge in [0.2, 0.25) is 11.8 Å².